The van der Waals surface area contributed by atoms with Crippen molar-refractivity contribution < 1.29 is 9.53 Å². The van der Waals surface area contributed by atoms with E-state index in [-0.39, 0.29) is 18.0 Å². The Morgan fingerprint density at radius 3 is 2.53 bits per heavy atom. The number of piperidine rings is 1. The van der Waals surface area contributed by atoms with Crippen LogP contribution in [0.25, 0.3) is 0 Å². The molecule has 4 rings (SSSR count). The summed E-state index contributed by atoms with van der Waals surface area (Å²) in [5.41, 5.74) is 2.49. The van der Waals surface area contributed by atoms with Crippen molar-refractivity contribution in [1.29, 1.82) is 0 Å². The number of hydrogen-bond donors (Lipinski definition) is 1. The molecule has 30 heavy (non-hydrogen) atoms. The van der Waals surface area contributed by atoms with Crippen LogP contribution in [-0.4, -0.2) is 41.6 Å². The smallest absolute Gasteiger partial charge is 0.222 e. The van der Waals surface area contributed by atoms with Crippen LogP contribution in [0.15, 0.2) is 65.6 Å². The van der Waals surface area contributed by atoms with Crippen molar-refractivity contribution in [1.82, 2.24) is 14.8 Å². The number of methoxy groups -OCH3 is 1. The maximum Gasteiger partial charge on any atom is 0.222 e. The molecule has 3 aromatic rings. The molecule has 158 valence electrons. The van der Waals surface area contributed by atoms with Crippen molar-refractivity contribution in [3.63, 3.8) is 0 Å². The maximum absolute atomic E-state index is 12.8. The molecule has 1 fully saturated rings. The SMILES string of the molecule is COc1ccc(CN2CCC(NC(=O)C[C@@H](c3ccsc3)n3cccc3)CC2)cc1. The highest BCUT2D eigenvalue weighted by Crippen LogP contribution is 2.25. The van der Waals surface area contributed by atoms with Gasteiger partial charge in [0.15, 0.2) is 0 Å². The molecule has 0 saturated carbocycles. The van der Waals surface area contributed by atoms with Gasteiger partial charge < -0.3 is 14.6 Å². The van der Waals surface area contributed by atoms with Gasteiger partial charge in [-0.05, 0) is 65.1 Å². The summed E-state index contributed by atoms with van der Waals surface area (Å²) in [4.78, 5) is 15.3. The Kier molecular flexibility index (Phi) is 6.87. The number of likely N-dealkylation sites (tertiary alicyclic amines) is 1. The monoisotopic (exact) mass is 423 g/mol. The van der Waals surface area contributed by atoms with Crippen LogP contribution in [0, 0.1) is 0 Å². The van der Waals surface area contributed by atoms with E-state index in [0.29, 0.717) is 6.42 Å². The Morgan fingerprint density at radius 1 is 1.17 bits per heavy atom. The van der Waals surface area contributed by atoms with Crippen molar-refractivity contribution in [3.05, 3.63) is 76.7 Å². The molecule has 1 aromatic carbocycles. The minimum absolute atomic E-state index is 0.0569. The topological polar surface area (TPSA) is 46.5 Å². The lowest BCUT2D eigenvalue weighted by atomic mass is 10.0. The third-order valence-electron chi connectivity index (χ3n) is 5.81. The van der Waals surface area contributed by atoms with E-state index in [2.05, 4.69) is 43.7 Å². The second-order valence-corrected chi connectivity index (χ2v) is 8.65. The molecular weight excluding hydrogens is 394 g/mol. The van der Waals surface area contributed by atoms with E-state index in [1.165, 1.54) is 11.1 Å². The van der Waals surface area contributed by atoms with Gasteiger partial charge >= 0.3 is 0 Å². The Bertz CT molecular complexity index is 864. The molecule has 6 heteroatoms. The molecule has 0 radical (unpaired) electrons. The molecule has 1 N–H and O–H groups in total. The number of hydrogen-bond acceptors (Lipinski definition) is 4. The largest absolute Gasteiger partial charge is 0.497 e. The summed E-state index contributed by atoms with van der Waals surface area (Å²) < 4.78 is 7.35. The lowest BCUT2D eigenvalue weighted by Crippen LogP contribution is -2.44. The van der Waals surface area contributed by atoms with Crippen molar-refractivity contribution in [2.24, 2.45) is 0 Å². The summed E-state index contributed by atoms with van der Waals surface area (Å²) in [5, 5.41) is 7.49. The first kappa shape index (κ1) is 20.7. The van der Waals surface area contributed by atoms with Crippen LogP contribution in [0.4, 0.5) is 0 Å². The van der Waals surface area contributed by atoms with Gasteiger partial charge in [-0.1, -0.05) is 12.1 Å². The van der Waals surface area contributed by atoms with Gasteiger partial charge in [0.1, 0.15) is 5.75 Å². The number of benzene rings is 1. The maximum atomic E-state index is 12.8. The van der Waals surface area contributed by atoms with E-state index in [1.54, 1.807) is 18.4 Å². The Balaban J connectivity index is 1.26. The fourth-order valence-corrected chi connectivity index (χ4v) is 4.81. The lowest BCUT2D eigenvalue weighted by molar-refractivity contribution is -0.122. The van der Waals surface area contributed by atoms with E-state index < -0.39 is 0 Å². The van der Waals surface area contributed by atoms with Gasteiger partial charge in [-0.3, -0.25) is 9.69 Å². The van der Waals surface area contributed by atoms with Gasteiger partial charge in [-0.15, -0.1) is 0 Å². The van der Waals surface area contributed by atoms with E-state index in [0.717, 1.165) is 38.2 Å². The van der Waals surface area contributed by atoms with Crippen LogP contribution in [0.5, 0.6) is 5.75 Å². The van der Waals surface area contributed by atoms with E-state index in [9.17, 15) is 4.79 Å². The van der Waals surface area contributed by atoms with Gasteiger partial charge in [-0.25, -0.2) is 0 Å². The highest BCUT2D eigenvalue weighted by Gasteiger charge is 2.23. The van der Waals surface area contributed by atoms with Crippen molar-refractivity contribution in [2.75, 3.05) is 20.2 Å². The average molecular weight is 424 g/mol. The number of carbonyl (C=O) groups excluding carboxylic acids is 1. The Morgan fingerprint density at radius 2 is 1.90 bits per heavy atom. The molecule has 1 aliphatic heterocycles. The summed E-state index contributed by atoms with van der Waals surface area (Å²) in [6.45, 7) is 2.95. The fraction of sp³-hybridized carbons (Fsp3) is 0.375. The highest BCUT2D eigenvalue weighted by atomic mass is 32.1. The Labute approximate surface area is 182 Å². The molecule has 0 aliphatic carbocycles. The minimum Gasteiger partial charge on any atom is -0.497 e. The third kappa shape index (κ3) is 5.32. The molecule has 3 heterocycles. The molecule has 1 amide bonds. The standard InChI is InChI=1S/C24H29N3O2S/c1-29-22-6-4-19(5-7-22)17-26-13-8-21(9-14-26)25-24(28)16-23(20-10-15-30-18-20)27-11-2-3-12-27/h2-7,10-12,15,18,21,23H,8-9,13-14,16-17H2,1H3,(H,25,28)/t23-/m0/s1. The quantitative estimate of drug-likeness (QED) is 0.587. The van der Waals surface area contributed by atoms with Gasteiger partial charge in [0.25, 0.3) is 0 Å². The summed E-state index contributed by atoms with van der Waals surface area (Å²) in [6, 6.07) is 14.7. The van der Waals surface area contributed by atoms with E-state index in [1.807, 2.05) is 36.7 Å². The number of carbonyl (C=O) groups is 1. The fourth-order valence-electron chi connectivity index (χ4n) is 4.10. The second-order valence-electron chi connectivity index (χ2n) is 7.87. The number of aromatic nitrogens is 1. The predicted octanol–water partition coefficient (Wildman–Crippen LogP) is 4.32. The molecule has 2 aromatic heterocycles. The molecule has 0 bridgehead atoms. The summed E-state index contributed by atoms with van der Waals surface area (Å²) in [5.74, 6) is 1.02. The number of ether oxygens (including phenoxy) is 1. The second kappa shape index (κ2) is 9.96. The first-order chi connectivity index (χ1) is 14.7. The van der Waals surface area contributed by atoms with Crippen LogP contribution >= 0.6 is 11.3 Å². The first-order valence-corrected chi connectivity index (χ1v) is 11.4. The van der Waals surface area contributed by atoms with Crippen LogP contribution in [0.1, 0.15) is 36.4 Å². The Hall–Kier alpha value is -2.57. The number of nitrogens with one attached hydrogen (secondary N) is 1. The minimum atomic E-state index is 0.0569. The number of rotatable bonds is 8. The van der Waals surface area contributed by atoms with Crippen LogP contribution in [0.2, 0.25) is 0 Å². The van der Waals surface area contributed by atoms with Crippen LogP contribution in [-0.2, 0) is 11.3 Å². The van der Waals surface area contributed by atoms with Gasteiger partial charge in [-0.2, -0.15) is 11.3 Å². The predicted molar refractivity (Wildman–Crippen MR) is 121 cm³/mol. The van der Waals surface area contributed by atoms with Gasteiger partial charge in [0.2, 0.25) is 5.91 Å². The zero-order chi connectivity index (χ0) is 20.8. The van der Waals surface area contributed by atoms with Gasteiger partial charge in [0.05, 0.1) is 19.6 Å². The molecule has 0 spiro atoms. The summed E-state index contributed by atoms with van der Waals surface area (Å²) in [6.07, 6.45) is 6.53. The third-order valence-corrected chi connectivity index (χ3v) is 6.51. The highest BCUT2D eigenvalue weighted by molar-refractivity contribution is 7.08. The van der Waals surface area contributed by atoms with Gasteiger partial charge in [0, 0.05) is 38.1 Å². The molecule has 1 saturated heterocycles. The molecule has 0 unspecified atom stereocenters. The normalized spacial score (nSPS) is 16.3. The molecule has 1 aliphatic rings. The van der Waals surface area contributed by atoms with Crippen LogP contribution in [0.3, 0.4) is 0 Å². The lowest BCUT2D eigenvalue weighted by Gasteiger charge is -2.32. The molecule has 5 nitrogen and oxygen atoms in total. The molecular formula is C24H29N3O2S. The zero-order valence-electron chi connectivity index (χ0n) is 17.4. The summed E-state index contributed by atoms with van der Waals surface area (Å²) in [7, 11) is 1.69. The number of amides is 1. The first-order valence-electron chi connectivity index (χ1n) is 10.5. The van der Waals surface area contributed by atoms with Crippen LogP contribution < -0.4 is 10.1 Å². The van der Waals surface area contributed by atoms with Crippen molar-refractivity contribution in [2.45, 2.75) is 37.9 Å². The number of nitrogens with zero attached hydrogens (tertiary/aromatic N) is 2. The summed E-state index contributed by atoms with van der Waals surface area (Å²) >= 11 is 1.67. The van der Waals surface area contributed by atoms with Crippen molar-refractivity contribution in [3.8, 4) is 5.75 Å². The average Bonchev–Trinajstić information content (AvgIpc) is 3.49. The van der Waals surface area contributed by atoms with Crippen molar-refractivity contribution >= 4 is 17.2 Å². The number of thiophene rings is 1. The molecule has 1 atom stereocenters. The zero-order valence-corrected chi connectivity index (χ0v) is 18.2. The van der Waals surface area contributed by atoms with E-state index in [4.69, 9.17) is 4.74 Å². The van der Waals surface area contributed by atoms with E-state index >= 15 is 0 Å².